The van der Waals surface area contributed by atoms with Crippen LogP contribution in [0.5, 0.6) is 0 Å². The van der Waals surface area contributed by atoms with Crippen molar-refractivity contribution in [2.24, 2.45) is 17.8 Å². The molecule has 1 heterocycles. The molecule has 33 heavy (non-hydrogen) atoms. The van der Waals surface area contributed by atoms with Gasteiger partial charge in [-0.1, -0.05) is 72.4 Å². The molecule has 2 aliphatic rings. The van der Waals surface area contributed by atoms with Gasteiger partial charge in [0.15, 0.2) is 0 Å². The molecule has 0 saturated heterocycles. The SMILES string of the molecule is O=C(O)[C@H]1[C@H]2[C@@H]1[C@@](C(=O)O)(N(Cc1ccccc1)Cc1ccccc1)C[C@H]2Sc1cn[nH]n1. The van der Waals surface area contributed by atoms with Crippen molar-refractivity contribution in [1.82, 2.24) is 20.3 Å². The molecule has 3 N–H and O–H groups in total. The third-order valence-corrected chi connectivity index (χ3v) is 8.11. The Morgan fingerprint density at radius 3 is 2.12 bits per heavy atom. The van der Waals surface area contributed by atoms with Gasteiger partial charge in [0, 0.05) is 24.3 Å². The van der Waals surface area contributed by atoms with Crippen molar-refractivity contribution in [3.63, 3.8) is 0 Å². The van der Waals surface area contributed by atoms with E-state index in [1.54, 1.807) is 6.20 Å². The summed E-state index contributed by atoms with van der Waals surface area (Å²) in [7, 11) is 0. The molecule has 0 amide bonds. The number of carboxylic acids is 2. The van der Waals surface area contributed by atoms with Crippen LogP contribution in [-0.2, 0) is 22.7 Å². The Morgan fingerprint density at radius 2 is 1.64 bits per heavy atom. The fourth-order valence-corrected chi connectivity index (χ4v) is 6.83. The number of aliphatic carboxylic acids is 2. The Kier molecular flexibility index (Phi) is 5.67. The number of nitrogens with zero attached hydrogens (tertiary/aromatic N) is 3. The van der Waals surface area contributed by atoms with Crippen molar-refractivity contribution >= 4 is 23.7 Å². The Bertz CT molecular complexity index is 1090. The van der Waals surface area contributed by atoms with Gasteiger partial charge in [-0.25, -0.2) is 0 Å². The number of hydrogen-bond donors (Lipinski definition) is 3. The van der Waals surface area contributed by atoms with Crippen LogP contribution in [0.25, 0.3) is 0 Å². The Balaban J connectivity index is 1.54. The van der Waals surface area contributed by atoms with Gasteiger partial charge >= 0.3 is 11.9 Å². The normalized spacial score (nSPS) is 27.9. The third-order valence-electron chi connectivity index (χ3n) is 6.89. The largest absolute Gasteiger partial charge is 0.481 e. The molecule has 0 aliphatic heterocycles. The van der Waals surface area contributed by atoms with Crippen LogP contribution in [0.1, 0.15) is 17.5 Å². The summed E-state index contributed by atoms with van der Waals surface area (Å²) < 4.78 is 0. The van der Waals surface area contributed by atoms with Crippen LogP contribution in [0.2, 0.25) is 0 Å². The van der Waals surface area contributed by atoms with E-state index in [-0.39, 0.29) is 11.2 Å². The number of nitrogens with one attached hydrogen (secondary N) is 1. The number of benzene rings is 2. The van der Waals surface area contributed by atoms with Crippen LogP contribution in [0, 0.1) is 17.8 Å². The van der Waals surface area contributed by atoms with Gasteiger partial charge in [-0.05, 0) is 23.5 Å². The zero-order valence-corrected chi connectivity index (χ0v) is 18.6. The van der Waals surface area contributed by atoms with E-state index in [0.29, 0.717) is 24.5 Å². The summed E-state index contributed by atoms with van der Waals surface area (Å²) >= 11 is 1.42. The molecule has 2 aliphatic carbocycles. The minimum Gasteiger partial charge on any atom is -0.481 e. The fraction of sp³-hybridized carbons (Fsp3) is 0.333. The molecule has 2 aromatic carbocycles. The Morgan fingerprint density at radius 1 is 1.03 bits per heavy atom. The maximum absolute atomic E-state index is 13.0. The van der Waals surface area contributed by atoms with E-state index in [2.05, 4.69) is 15.4 Å². The number of rotatable bonds is 9. The average molecular weight is 465 g/mol. The van der Waals surface area contributed by atoms with Gasteiger partial charge in [0.25, 0.3) is 0 Å². The lowest BCUT2D eigenvalue weighted by Gasteiger charge is -2.40. The van der Waals surface area contributed by atoms with Crippen LogP contribution in [0.15, 0.2) is 71.9 Å². The van der Waals surface area contributed by atoms with Crippen molar-refractivity contribution in [3.05, 3.63) is 78.0 Å². The summed E-state index contributed by atoms with van der Waals surface area (Å²) in [5.41, 5.74) is 0.692. The highest BCUT2D eigenvalue weighted by molar-refractivity contribution is 7.99. The van der Waals surface area contributed by atoms with E-state index in [4.69, 9.17) is 0 Å². The average Bonchev–Trinajstić information content (AvgIpc) is 3.18. The molecule has 0 unspecified atom stereocenters. The number of thioether (sulfide) groups is 1. The Hall–Kier alpha value is -3.17. The molecule has 9 heteroatoms. The zero-order chi connectivity index (χ0) is 23.0. The summed E-state index contributed by atoms with van der Waals surface area (Å²) in [5, 5.41) is 31.6. The smallest absolute Gasteiger partial charge is 0.324 e. The van der Waals surface area contributed by atoms with Gasteiger partial charge in [0.05, 0.1) is 12.1 Å². The van der Waals surface area contributed by atoms with Gasteiger partial charge in [0.2, 0.25) is 0 Å². The highest BCUT2D eigenvalue weighted by atomic mass is 32.2. The first kappa shape index (κ1) is 21.7. The molecule has 3 aromatic rings. The van der Waals surface area contributed by atoms with Crippen molar-refractivity contribution in [2.45, 2.75) is 35.3 Å². The second-order valence-electron chi connectivity index (χ2n) is 8.69. The summed E-state index contributed by atoms with van der Waals surface area (Å²) in [6, 6.07) is 19.5. The summed E-state index contributed by atoms with van der Waals surface area (Å²) in [4.78, 5) is 27.1. The molecular formula is C24H24N4O4S. The number of aromatic amines is 1. The van der Waals surface area contributed by atoms with Crippen LogP contribution in [0.3, 0.4) is 0 Å². The number of H-pyrrole nitrogens is 1. The maximum Gasteiger partial charge on any atom is 0.324 e. The molecule has 2 saturated carbocycles. The lowest BCUT2D eigenvalue weighted by Crippen LogP contribution is -2.56. The highest BCUT2D eigenvalue weighted by Crippen LogP contribution is 2.67. The molecule has 8 nitrogen and oxygen atoms in total. The van der Waals surface area contributed by atoms with Crippen molar-refractivity contribution in [3.8, 4) is 0 Å². The lowest BCUT2D eigenvalue weighted by molar-refractivity contribution is -0.155. The minimum atomic E-state index is -1.29. The van der Waals surface area contributed by atoms with E-state index < -0.39 is 29.3 Å². The minimum absolute atomic E-state index is 0.175. The first-order valence-electron chi connectivity index (χ1n) is 10.8. The standard InChI is InChI=1S/C24H24N4O4S/c29-22(30)20-19-17(33-18-12-25-27-26-18)11-24(21(19)20,23(31)32)28(13-15-7-3-1-4-8-15)14-16-9-5-2-6-10-16/h1-10,12,17,19-21H,11,13-14H2,(H,29,30)(H,31,32)(H,25,26,27)/t17-,19+,20+,21+,24+/m1/s1. The summed E-state index contributed by atoms with van der Waals surface area (Å²) in [6.45, 7) is 0.831. The number of fused-ring (bicyclic) bond motifs is 1. The van der Waals surface area contributed by atoms with Crippen LogP contribution in [0.4, 0.5) is 0 Å². The number of carboxylic acid groups (broad SMARTS) is 2. The Labute approximate surface area is 195 Å². The van der Waals surface area contributed by atoms with E-state index in [0.717, 1.165) is 11.1 Å². The van der Waals surface area contributed by atoms with Crippen LogP contribution in [-0.4, -0.2) is 53.3 Å². The summed E-state index contributed by atoms with van der Waals surface area (Å²) in [5.74, 6) is -3.27. The van der Waals surface area contributed by atoms with Crippen LogP contribution >= 0.6 is 11.8 Å². The quantitative estimate of drug-likeness (QED) is 0.442. The maximum atomic E-state index is 13.0. The second-order valence-corrected chi connectivity index (χ2v) is 9.95. The van der Waals surface area contributed by atoms with Crippen molar-refractivity contribution < 1.29 is 19.8 Å². The van der Waals surface area contributed by atoms with Gasteiger partial charge in [-0.3, -0.25) is 14.5 Å². The monoisotopic (exact) mass is 464 g/mol. The molecule has 0 bridgehead atoms. The topological polar surface area (TPSA) is 119 Å². The van der Waals surface area contributed by atoms with Crippen molar-refractivity contribution in [2.75, 3.05) is 0 Å². The van der Waals surface area contributed by atoms with Crippen LogP contribution < -0.4 is 0 Å². The molecule has 5 rings (SSSR count). The van der Waals surface area contributed by atoms with Gasteiger partial charge < -0.3 is 10.2 Å². The summed E-state index contributed by atoms with van der Waals surface area (Å²) in [6.07, 6.45) is 1.93. The highest BCUT2D eigenvalue weighted by Gasteiger charge is 2.76. The van der Waals surface area contributed by atoms with Crippen molar-refractivity contribution in [1.29, 1.82) is 0 Å². The predicted molar refractivity (Wildman–Crippen MR) is 121 cm³/mol. The molecule has 170 valence electrons. The molecule has 1 aromatic heterocycles. The van der Waals surface area contributed by atoms with E-state index in [9.17, 15) is 19.8 Å². The second kappa shape index (κ2) is 8.64. The molecule has 0 spiro atoms. The first-order valence-corrected chi connectivity index (χ1v) is 11.7. The molecule has 5 atom stereocenters. The molecular weight excluding hydrogens is 440 g/mol. The lowest BCUT2D eigenvalue weighted by atomic mass is 9.87. The van der Waals surface area contributed by atoms with Gasteiger partial charge in [0.1, 0.15) is 10.6 Å². The van der Waals surface area contributed by atoms with Gasteiger partial charge in [-0.15, -0.1) is 5.10 Å². The van der Waals surface area contributed by atoms with E-state index in [1.165, 1.54) is 11.8 Å². The van der Waals surface area contributed by atoms with E-state index in [1.807, 2.05) is 65.6 Å². The fourth-order valence-electron chi connectivity index (χ4n) is 5.48. The number of carbonyl (C=O) groups is 2. The van der Waals surface area contributed by atoms with Gasteiger partial charge in [-0.2, -0.15) is 10.3 Å². The number of hydrogen-bond acceptors (Lipinski definition) is 6. The molecule has 0 radical (unpaired) electrons. The third kappa shape index (κ3) is 3.91. The molecule has 2 fully saturated rings. The first-order chi connectivity index (χ1) is 16.0. The predicted octanol–water partition coefficient (Wildman–Crippen LogP) is 3.14. The number of aromatic nitrogens is 3. The van der Waals surface area contributed by atoms with E-state index >= 15 is 0 Å². The zero-order valence-electron chi connectivity index (χ0n) is 17.7.